The van der Waals surface area contributed by atoms with Crippen LogP contribution in [0.2, 0.25) is 0 Å². The van der Waals surface area contributed by atoms with Gasteiger partial charge in [0.05, 0.1) is 0 Å². The van der Waals surface area contributed by atoms with Gasteiger partial charge >= 0.3 is 0 Å². The number of carbonyl (C=O) groups excluding carboxylic acids is 2. The molecule has 0 spiro atoms. The number of para-hydroxylation sites is 2. The van der Waals surface area contributed by atoms with Crippen molar-refractivity contribution in [3.8, 4) is 12.1 Å². The van der Waals surface area contributed by atoms with E-state index in [4.69, 9.17) is 0 Å². The number of amides is 2. The predicted octanol–water partition coefficient (Wildman–Crippen LogP) is 5.93. The molecule has 0 bridgehead atoms. The summed E-state index contributed by atoms with van der Waals surface area (Å²) >= 11 is 2.91. The SMILES string of the molecule is CCSC1=C(C#N)C(=O)NC(c2ccc(C3NC(=O)C(C#N)=C(SCC)N3c3ccccc3)cc2)N1c1ccccc1. The molecule has 2 atom stereocenters. The molecule has 2 unspecified atom stereocenters. The van der Waals surface area contributed by atoms with Crippen LogP contribution in [-0.2, 0) is 9.59 Å². The van der Waals surface area contributed by atoms with Crippen LogP contribution in [0.3, 0.4) is 0 Å². The Kier molecular flexibility index (Phi) is 8.87. The Morgan fingerprint density at radius 1 is 0.643 bits per heavy atom. The molecule has 3 aromatic rings. The van der Waals surface area contributed by atoms with Gasteiger partial charge in [-0.15, -0.1) is 23.5 Å². The maximum absolute atomic E-state index is 13.1. The third-order valence-corrected chi connectivity index (χ3v) is 8.72. The highest BCUT2D eigenvalue weighted by Crippen LogP contribution is 2.41. The molecule has 2 aliphatic heterocycles. The van der Waals surface area contributed by atoms with Gasteiger partial charge in [0, 0.05) is 11.4 Å². The Balaban J connectivity index is 1.57. The maximum Gasteiger partial charge on any atom is 0.266 e. The summed E-state index contributed by atoms with van der Waals surface area (Å²) in [5, 5.41) is 26.9. The second-order valence-electron chi connectivity index (χ2n) is 9.28. The van der Waals surface area contributed by atoms with Gasteiger partial charge in [-0.25, -0.2) is 0 Å². The van der Waals surface area contributed by atoms with Crippen molar-refractivity contribution in [3.05, 3.63) is 117 Å². The van der Waals surface area contributed by atoms with E-state index in [9.17, 15) is 20.1 Å². The Bertz CT molecular complexity index is 1500. The zero-order chi connectivity index (χ0) is 29.6. The third kappa shape index (κ3) is 5.47. The molecular formula is C32H28N6O2S2. The fourth-order valence-electron chi connectivity index (χ4n) is 4.98. The summed E-state index contributed by atoms with van der Waals surface area (Å²) in [4.78, 5) is 30.1. The molecule has 2 amide bonds. The number of thioether (sulfide) groups is 2. The topological polar surface area (TPSA) is 112 Å². The smallest absolute Gasteiger partial charge is 0.266 e. The normalized spacial score (nSPS) is 18.8. The van der Waals surface area contributed by atoms with E-state index in [0.717, 1.165) is 22.5 Å². The first-order chi connectivity index (χ1) is 20.5. The van der Waals surface area contributed by atoms with E-state index in [1.54, 1.807) is 0 Å². The quantitative estimate of drug-likeness (QED) is 0.331. The Morgan fingerprint density at radius 3 is 1.31 bits per heavy atom. The van der Waals surface area contributed by atoms with Gasteiger partial charge < -0.3 is 20.4 Å². The highest BCUT2D eigenvalue weighted by Gasteiger charge is 2.37. The number of nitrogens with zero attached hydrogens (tertiary/aromatic N) is 4. The first kappa shape index (κ1) is 28.9. The van der Waals surface area contributed by atoms with Crippen molar-refractivity contribution in [3.63, 3.8) is 0 Å². The molecule has 42 heavy (non-hydrogen) atoms. The predicted molar refractivity (Wildman–Crippen MR) is 168 cm³/mol. The van der Waals surface area contributed by atoms with E-state index in [-0.39, 0.29) is 11.1 Å². The number of anilines is 2. The molecule has 3 aromatic carbocycles. The van der Waals surface area contributed by atoms with Crippen LogP contribution in [0.1, 0.15) is 37.3 Å². The van der Waals surface area contributed by atoms with Crippen molar-refractivity contribution in [2.24, 2.45) is 0 Å². The van der Waals surface area contributed by atoms with Crippen LogP contribution in [0.15, 0.2) is 106 Å². The number of benzene rings is 3. The molecule has 2 aliphatic rings. The van der Waals surface area contributed by atoms with E-state index in [1.807, 2.05) is 109 Å². The minimum atomic E-state index is -0.553. The van der Waals surface area contributed by atoms with E-state index >= 15 is 0 Å². The number of rotatable bonds is 8. The highest BCUT2D eigenvalue weighted by molar-refractivity contribution is 8.03. The largest absolute Gasteiger partial charge is 0.327 e. The lowest BCUT2D eigenvalue weighted by Gasteiger charge is -2.40. The van der Waals surface area contributed by atoms with Crippen molar-refractivity contribution < 1.29 is 9.59 Å². The lowest BCUT2D eigenvalue weighted by molar-refractivity contribution is -0.119. The van der Waals surface area contributed by atoms with Gasteiger partial charge in [0.15, 0.2) is 0 Å². The summed E-state index contributed by atoms with van der Waals surface area (Å²) < 4.78 is 0. The van der Waals surface area contributed by atoms with E-state index in [0.29, 0.717) is 21.6 Å². The van der Waals surface area contributed by atoms with Gasteiger partial charge in [0.25, 0.3) is 11.8 Å². The molecule has 0 aromatic heterocycles. The van der Waals surface area contributed by atoms with Gasteiger partial charge in [-0.05, 0) is 46.9 Å². The second-order valence-corrected chi connectivity index (χ2v) is 11.8. The number of hydrogen-bond acceptors (Lipinski definition) is 8. The van der Waals surface area contributed by atoms with Crippen LogP contribution in [0, 0.1) is 22.7 Å². The van der Waals surface area contributed by atoms with Gasteiger partial charge in [-0.3, -0.25) is 9.59 Å². The zero-order valence-corrected chi connectivity index (χ0v) is 24.7. The average Bonchev–Trinajstić information content (AvgIpc) is 3.02. The molecule has 0 saturated carbocycles. The standard InChI is InChI=1S/C32H28N6O2S2/c1-3-41-31-25(19-33)29(39)35-27(37(31)23-11-7-5-8-12-23)21-15-17-22(18-16-21)28-36-30(40)26(20-34)32(42-4-2)38(28)24-13-9-6-10-14-24/h5-18,27-28H,3-4H2,1-2H3,(H,35,39)(H,36,40). The number of nitriles is 2. The lowest BCUT2D eigenvalue weighted by Crippen LogP contribution is -2.47. The van der Waals surface area contributed by atoms with E-state index < -0.39 is 24.1 Å². The van der Waals surface area contributed by atoms with Crippen molar-refractivity contribution >= 4 is 46.7 Å². The summed E-state index contributed by atoms with van der Waals surface area (Å²) in [5.41, 5.74) is 3.49. The van der Waals surface area contributed by atoms with E-state index in [2.05, 4.69) is 22.8 Å². The van der Waals surface area contributed by atoms with Gasteiger partial charge in [-0.2, -0.15) is 10.5 Å². The minimum Gasteiger partial charge on any atom is -0.327 e. The van der Waals surface area contributed by atoms with Crippen LogP contribution in [-0.4, -0.2) is 23.3 Å². The fraction of sp³-hybridized carbons (Fsp3) is 0.188. The van der Waals surface area contributed by atoms with Crippen molar-refractivity contribution in [2.75, 3.05) is 21.3 Å². The molecule has 5 rings (SSSR count). The van der Waals surface area contributed by atoms with Gasteiger partial charge in [-0.1, -0.05) is 74.5 Å². The minimum absolute atomic E-state index is 0.0861. The molecule has 8 nitrogen and oxygen atoms in total. The molecule has 0 radical (unpaired) electrons. The van der Waals surface area contributed by atoms with Crippen molar-refractivity contribution in [2.45, 2.75) is 26.2 Å². The molecule has 0 fully saturated rings. The molecule has 10 heteroatoms. The maximum atomic E-state index is 13.1. The molecule has 2 N–H and O–H groups in total. The van der Waals surface area contributed by atoms with Crippen LogP contribution in [0.25, 0.3) is 0 Å². The van der Waals surface area contributed by atoms with Gasteiger partial charge in [0.1, 0.15) is 45.7 Å². The average molecular weight is 593 g/mol. The molecule has 0 aliphatic carbocycles. The molecule has 2 heterocycles. The van der Waals surface area contributed by atoms with Crippen molar-refractivity contribution in [1.82, 2.24) is 10.6 Å². The van der Waals surface area contributed by atoms with Gasteiger partial charge in [0.2, 0.25) is 0 Å². The first-order valence-corrected chi connectivity index (χ1v) is 15.4. The highest BCUT2D eigenvalue weighted by atomic mass is 32.2. The first-order valence-electron chi connectivity index (χ1n) is 13.5. The van der Waals surface area contributed by atoms with Crippen LogP contribution < -0.4 is 20.4 Å². The fourth-order valence-corrected chi connectivity index (χ4v) is 6.79. The Hall–Kier alpha value is -4.64. The Morgan fingerprint density at radius 2 is 1.00 bits per heavy atom. The lowest BCUT2D eigenvalue weighted by atomic mass is 10.0. The summed E-state index contributed by atoms with van der Waals surface area (Å²) in [6.07, 6.45) is -1.11. The van der Waals surface area contributed by atoms with Crippen LogP contribution in [0.5, 0.6) is 0 Å². The molecule has 210 valence electrons. The van der Waals surface area contributed by atoms with E-state index in [1.165, 1.54) is 23.5 Å². The number of carbonyl (C=O) groups is 2. The number of hydrogen-bond donors (Lipinski definition) is 2. The second kappa shape index (κ2) is 12.9. The summed E-state index contributed by atoms with van der Waals surface area (Å²) in [5.74, 6) is 0.547. The van der Waals surface area contributed by atoms with Crippen LogP contribution in [0.4, 0.5) is 11.4 Å². The monoisotopic (exact) mass is 592 g/mol. The summed E-state index contributed by atoms with van der Waals surface area (Å²) in [6.45, 7) is 3.97. The summed E-state index contributed by atoms with van der Waals surface area (Å²) in [6, 6.07) is 31.2. The zero-order valence-electron chi connectivity index (χ0n) is 23.1. The summed E-state index contributed by atoms with van der Waals surface area (Å²) in [7, 11) is 0. The molecular weight excluding hydrogens is 565 g/mol. The van der Waals surface area contributed by atoms with Crippen LogP contribution >= 0.6 is 23.5 Å². The third-order valence-electron chi connectivity index (χ3n) is 6.79. The molecule has 0 saturated heterocycles. The van der Waals surface area contributed by atoms with Crippen molar-refractivity contribution in [1.29, 1.82) is 10.5 Å². The Labute approximate surface area is 253 Å². The number of nitrogens with one attached hydrogen (secondary N) is 2.